The quantitative estimate of drug-likeness (QED) is 0.769. The van der Waals surface area contributed by atoms with Crippen molar-refractivity contribution in [3.63, 3.8) is 0 Å². The number of hydrogen-bond donors (Lipinski definition) is 2. The van der Waals surface area contributed by atoms with Crippen LogP contribution in [0, 0.1) is 0 Å². The number of amides is 2. The predicted octanol–water partition coefficient (Wildman–Crippen LogP) is 1.15. The Morgan fingerprint density at radius 2 is 1.93 bits per heavy atom. The lowest BCUT2D eigenvalue weighted by Crippen LogP contribution is -2.49. The number of anilines is 1. The summed E-state index contributed by atoms with van der Waals surface area (Å²) in [7, 11) is 1.57. The number of methoxy groups -OCH3 is 1. The molecule has 144 valence electrons. The van der Waals surface area contributed by atoms with E-state index in [1.807, 2.05) is 0 Å². The van der Waals surface area contributed by atoms with Gasteiger partial charge in [-0.1, -0.05) is 0 Å². The number of aliphatic hydroxyl groups is 1. The summed E-state index contributed by atoms with van der Waals surface area (Å²) < 4.78 is 5.08. The number of ether oxygens (including phenoxy) is 1. The number of carbonyl (C=O) groups is 2. The van der Waals surface area contributed by atoms with Crippen molar-refractivity contribution in [3.8, 4) is 5.75 Å². The Hall–Kier alpha value is -2.49. The number of nitrogens with zero attached hydrogens (tertiary/aromatic N) is 3. The first-order valence-electron chi connectivity index (χ1n) is 8.64. The Kier molecular flexibility index (Phi) is 6.38. The highest BCUT2D eigenvalue weighted by molar-refractivity contribution is 7.14. The molecular weight excluding hydrogens is 368 g/mol. The normalized spacial score (nSPS) is 14.8. The second-order valence-electron chi connectivity index (χ2n) is 6.08. The summed E-state index contributed by atoms with van der Waals surface area (Å²) in [5, 5.41) is 13.7. The molecule has 1 aliphatic rings. The number of aromatic nitrogens is 1. The minimum Gasteiger partial charge on any atom is -0.497 e. The fourth-order valence-corrected chi connectivity index (χ4v) is 3.50. The average molecular weight is 390 g/mol. The molecule has 1 aliphatic heterocycles. The van der Waals surface area contributed by atoms with E-state index >= 15 is 0 Å². The molecule has 1 aromatic heterocycles. The van der Waals surface area contributed by atoms with Crippen LogP contribution in [0.2, 0.25) is 0 Å². The second kappa shape index (κ2) is 8.94. The van der Waals surface area contributed by atoms with Gasteiger partial charge in [0.25, 0.3) is 11.8 Å². The summed E-state index contributed by atoms with van der Waals surface area (Å²) in [4.78, 5) is 33.0. The molecule has 1 aromatic carbocycles. The third kappa shape index (κ3) is 4.82. The number of aliphatic hydroxyl groups excluding tert-OH is 1. The molecule has 0 atom stereocenters. The molecule has 0 unspecified atom stereocenters. The summed E-state index contributed by atoms with van der Waals surface area (Å²) in [6.07, 6.45) is 0. The van der Waals surface area contributed by atoms with E-state index in [9.17, 15) is 9.59 Å². The maximum atomic E-state index is 12.6. The summed E-state index contributed by atoms with van der Waals surface area (Å²) in [5.74, 6) is 0.247. The zero-order chi connectivity index (χ0) is 19.2. The van der Waals surface area contributed by atoms with Gasteiger partial charge in [0.05, 0.1) is 13.7 Å². The molecule has 1 saturated heterocycles. The van der Waals surface area contributed by atoms with Crippen LogP contribution >= 0.6 is 11.3 Å². The van der Waals surface area contributed by atoms with Crippen molar-refractivity contribution in [1.82, 2.24) is 14.8 Å². The topological polar surface area (TPSA) is 95.0 Å². The Balaban J connectivity index is 1.57. The maximum absolute atomic E-state index is 12.6. The van der Waals surface area contributed by atoms with E-state index in [1.54, 1.807) is 41.7 Å². The van der Waals surface area contributed by atoms with E-state index in [2.05, 4.69) is 15.2 Å². The van der Waals surface area contributed by atoms with Gasteiger partial charge < -0.3 is 14.7 Å². The van der Waals surface area contributed by atoms with Crippen LogP contribution < -0.4 is 10.1 Å². The van der Waals surface area contributed by atoms with E-state index in [4.69, 9.17) is 9.84 Å². The van der Waals surface area contributed by atoms with Crippen LogP contribution in [-0.4, -0.2) is 78.1 Å². The molecule has 9 heteroatoms. The van der Waals surface area contributed by atoms with E-state index in [1.165, 1.54) is 11.3 Å². The number of piperazine rings is 1. The molecule has 0 bridgehead atoms. The van der Waals surface area contributed by atoms with Crippen LogP contribution in [0.25, 0.3) is 0 Å². The third-order valence-electron chi connectivity index (χ3n) is 4.37. The largest absolute Gasteiger partial charge is 0.497 e. The summed E-state index contributed by atoms with van der Waals surface area (Å²) in [6.45, 7) is 3.42. The first-order chi connectivity index (χ1) is 13.1. The number of benzene rings is 1. The second-order valence-corrected chi connectivity index (χ2v) is 6.94. The van der Waals surface area contributed by atoms with Crippen LogP contribution in [0.3, 0.4) is 0 Å². The van der Waals surface area contributed by atoms with Crippen molar-refractivity contribution in [2.45, 2.75) is 0 Å². The molecule has 2 heterocycles. The molecule has 0 spiro atoms. The summed E-state index contributed by atoms with van der Waals surface area (Å²) >= 11 is 1.22. The van der Waals surface area contributed by atoms with Gasteiger partial charge in [-0.3, -0.25) is 19.8 Å². The van der Waals surface area contributed by atoms with Gasteiger partial charge in [0.1, 0.15) is 11.4 Å². The van der Waals surface area contributed by atoms with Crippen LogP contribution in [0.4, 0.5) is 5.13 Å². The molecule has 0 saturated carbocycles. The number of rotatable bonds is 6. The van der Waals surface area contributed by atoms with Crippen molar-refractivity contribution < 1.29 is 19.4 Å². The van der Waals surface area contributed by atoms with Crippen molar-refractivity contribution in [1.29, 1.82) is 0 Å². The lowest BCUT2D eigenvalue weighted by atomic mass is 10.2. The molecule has 2 aromatic rings. The highest BCUT2D eigenvalue weighted by Crippen LogP contribution is 2.19. The van der Waals surface area contributed by atoms with Gasteiger partial charge in [-0.05, 0) is 24.3 Å². The van der Waals surface area contributed by atoms with Crippen LogP contribution in [-0.2, 0) is 0 Å². The molecular formula is C18H22N4O4S. The minimum atomic E-state index is -0.288. The Morgan fingerprint density at radius 1 is 1.22 bits per heavy atom. The lowest BCUT2D eigenvalue weighted by Gasteiger charge is -2.33. The standard InChI is InChI=1S/C18H22N4O4S/c1-26-14-4-2-13(3-5-14)16(24)20-18-19-15(12-27-18)17(25)22-8-6-21(7-9-22)10-11-23/h2-5,12,23H,6-11H2,1H3,(H,19,20,24). The van der Waals surface area contributed by atoms with Crippen molar-refractivity contribution in [3.05, 3.63) is 40.9 Å². The van der Waals surface area contributed by atoms with Crippen molar-refractivity contribution in [2.75, 3.05) is 51.8 Å². The number of nitrogens with one attached hydrogen (secondary N) is 1. The smallest absolute Gasteiger partial charge is 0.273 e. The van der Waals surface area contributed by atoms with Gasteiger partial charge in [-0.15, -0.1) is 11.3 Å². The summed E-state index contributed by atoms with van der Waals surface area (Å²) in [6, 6.07) is 6.75. The summed E-state index contributed by atoms with van der Waals surface area (Å²) in [5.41, 5.74) is 0.819. The fourth-order valence-electron chi connectivity index (χ4n) is 2.82. The average Bonchev–Trinajstić information content (AvgIpc) is 3.17. The Morgan fingerprint density at radius 3 is 2.56 bits per heavy atom. The number of carbonyl (C=O) groups excluding carboxylic acids is 2. The predicted molar refractivity (Wildman–Crippen MR) is 102 cm³/mol. The number of hydrogen-bond acceptors (Lipinski definition) is 7. The molecule has 0 aliphatic carbocycles. The number of thiazole rings is 1. The van der Waals surface area contributed by atoms with Gasteiger partial charge in [0.15, 0.2) is 5.13 Å². The van der Waals surface area contributed by atoms with E-state index in [-0.39, 0.29) is 18.4 Å². The van der Waals surface area contributed by atoms with Gasteiger partial charge in [0.2, 0.25) is 0 Å². The molecule has 2 amide bonds. The highest BCUT2D eigenvalue weighted by atomic mass is 32.1. The van der Waals surface area contributed by atoms with Crippen molar-refractivity contribution in [2.24, 2.45) is 0 Å². The van der Waals surface area contributed by atoms with Crippen LogP contribution in [0.15, 0.2) is 29.6 Å². The zero-order valence-electron chi connectivity index (χ0n) is 15.1. The Labute approximate surface area is 161 Å². The minimum absolute atomic E-state index is 0.122. The first-order valence-corrected chi connectivity index (χ1v) is 9.52. The van der Waals surface area contributed by atoms with Gasteiger partial charge in [-0.25, -0.2) is 4.98 Å². The van der Waals surface area contributed by atoms with E-state index in [0.717, 1.165) is 13.1 Å². The molecule has 8 nitrogen and oxygen atoms in total. The van der Waals surface area contributed by atoms with Crippen LogP contribution in [0.5, 0.6) is 5.75 Å². The monoisotopic (exact) mass is 390 g/mol. The van der Waals surface area contributed by atoms with Gasteiger partial charge in [-0.2, -0.15) is 0 Å². The molecule has 0 radical (unpaired) electrons. The highest BCUT2D eigenvalue weighted by Gasteiger charge is 2.23. The molecule has 27 heavy (non-hydrogen) atoms. The third-order valence-corrected chi connectivity index (χ3v) is 5.13. The van der Waals surface area contributed by atoms with E-state index < -0.39 is 0 Å². The van der Waals surface area contributed by atoms with Crippen LogP contribution in [0.1, 0.15) is 20.8 Å². The number of β-amino-alcohol motifs (C(OH)–C–C–N with tert-alkyl or cyclic N) is 1. The van der Waals surface area contributed by atoms with Gasteiger partial charge in [0, 0.05) is 43.7 Å². The SMILES string of the molecule is COc1ccc(C(=O)Nc2nc(C(=O)N3CCN(CCO)CC3)cs2)cc1. The zero-order valence-corrected chi connectivity index (χ0v) is 15.9. The van der Waals surface area contributed by atoms with E-state index in [0.29, 0.717) is 41.8 Å². The first kappa shape index (κ1) is 19.3. The molecule has 3 rings (SSSR count). The van der Waals surface area contributed by atoms with Gasteiger partial charge >= 0.3 is 0 Å². The maximum Gasteiger partial charge on any atom is 0.273 e. The fraction of sp³-hybridized carbons (Fsp3) is 0.389. The Bertz CT molecular complexity index is 785. The molecule has 2 N–H and O–H groups in total. The molecule has 1 fully saturated rings. The van der Waals surface area contributed by atoms with Crippen molar-refractivity contribution >= 4 is 28.3 Å². The lowest BCUT2D eigenvalue weighted by molar-refractivity contribution is 0.0610.